The van der Waals surface area contributed by atoms with Crippen molar-refractivity contribution in [3.63, 3.8) is 0 Å². The number of nitrogens with zero attached hydrogens (tertiary/aromatic N) is 2. The van der Waals surface area contributed by atoms with Crippen LogP contribution in [-0.2, 0) is 9.47 Å². The quantitative estimate of drug-likeness (QED) is 0.230. The minimum atomic E-state index is -0.194. The molecule has 0 radical (unpaired) electrons. The highest BCUT2D eigenvalue weighted by atomic mass is 127. The van der Waals surface area contributed by atoms with E-state index in [1.807, 2.05) is 0 Å². The number of fused-ring (bicyclic) bond motifs is 5. The molecular formula is C29H52I2N2O4. The van der Waals surface area contributed by atoms with Crippen LogP contribution in [0, 0.1) is 34.5 Å². The summed E-state index contributed by atoms with van der Waals surface area (Å²) in [7, 11) is 4.76. The van der Waals surface area contributed by atoms with Gasteiger partial charge in [0.1, 0.15) is 50.5 Å². The van der Waals surface area contributed by atoms with Gasteiger partial charge in [0.05, 0.1) is 40.5 Å². The smallest absolute Gasteiger partial charge is 0.116 e. The third-order valence-corrected chi connectivity index (χ3v) is 13.2. The zero-order chi connectivity index (χ0) is 24.6. The second kappa shape index (κ2) is 11.1. The average Bonchev–Trinajstić information content (AvgIpc) is 3.12. The fourth-order valence-electron chi connectivity index (χ4n) is 10.7. The third kappa shape index (κ3) is 4.88. The van der Waals surface area contributed by atoms with Crippen molar-refractivity contribution in [2.75, 3.05) is 66.7 Å². The summed E-state index contributed by atoms with van der Waals surface area (Å²) in [5.41, 5.74) is 0.374. The van der Waals surface area contributed by atoms with Crippen molar-refractivity contribution in [2.24, 2.45) is 34.5 Å². The minimum absolute atomic E-state index is 0. The molecule has 8 heteroatoms. The molecule has 2 saturated heterocycles. The van der Waals surface area contributed by atoms with E-state index in [1.54, 1.807) is 0 Å². The number of rotatable bonds is 2. The molecule has 0 aromatic rings. The van der Waals surface area contributed by atoms with Crippen LogP contribution < -0.4 is 48.0 Å². The third-order valence-electron chi connectivity index (χ3n) is 13.2. The zero-order valence-electron chi connectivity index (χ0n) is 23.6. The van der Waals surface area contributed by atoms with Crippen LogP contribution in [0.5, 0.6) is 0 Å². The summed E-state index contributed by atoms with van der Waals surface area (Å²) in [5, 5.41) is 23.2. The molecule has 37 heavy (non-hydrogen) atoms. The van der Waals surface area contributed by atoms with Crippen LogP contribution in [0.25, 0.3) is 0 Å². The first-order valence-corrected chi connectivity index (χ1v) is 14.8. The Morgan fingerprint density at radius 2 is 1.27 bits per heavy atom. The van der Waals surface area contributed by atoms with E-state index in [9.17, 15) is 10.2 Å². The molecular weight excluding hydrogens is 694 g/mol. The van der Waals surface area contributed by atoms with Crippen LogP contribution in [-0.4, -0.2) is 110 Å². The predicted octanol–water partition coefficient (Wildman–Crippen LogP) is -3.33. The number of quaternary nitrogens is 2. The summed E-state index contributed by atoms with van der Waals surface area (Å²) in [5.74, 6) is 2.75. The lowest BCUT2D eigenvalue weighted by molar-refractivity contribution is -0.945. The van der Waals surface area contributed by atoms with Crippen LogP contribution in [0.2, 0.25) is 0 Å². The molecule has 6 rings (SSSR count). The summed E-state index contributed by atoms with van der Waals surface area (Å²) in [4.78, 5) is 0. The van der Waals surface area contributed by atoms with Gasteiger partial charge in [-0.15, -0.1) is 0 Å². The lowest BCUT2D eigenvalue weighted by Crippen LogP contribution is -3.00. The van der Waals surface area contributed by atoms with Crippen molar-refractivity contribution >= 4 is 0 Å². The van der Waals surface area contributed by atoms with Gasteiger partial charge in [0.25, 0.3) is 0 Å². The van der Waals surface area contributed by atoms with Crippen molar-refractivity contribution in [3.05, 3.63) is 0 Å². The molecule has 2 aliphatic heterocycles. The van der Waals surface area contributed by atoms with E-state index >= 15 is 0 Å². The van der Waals surface area contributed by atoms with E-state index in [1.165, 1.54) is 32.1 Å². The van der Waals surface area contributed by atoms with Crippen molar-refractivity contribution in [1.29, 1.82) is 0 Å². The highest BCUT2D eigenvalue weighted by molar-refractivity contribution is 5.12. The number of morpholine rings is 2. The Bertz CT molecular complexity index is 807. The van der Waals surface area contributed by atoms with Gasteiger partial charge < -0.3 is 76.6 Å². The van der Waals surface area contributed by atoms with Gasteiger partial charge in [0.15, 0.2) is 0 Å². The van der Waals surface area contributed by atoms with Crippen molar-refractivity contribution in [1.82, 2.24) is 0 Å². The number of aliphatic hydroxyl groups is 2. The Morgan fingerprint density at radius 3 is 1.86 bits per heavy atom. The second-order valence-corrected chi connectivity index (χ2v) is 14.6. The molecule has 2 N–H and O–H groups in total. The molecule has 0 aromatic carbocycles. The van der Waals surface area contributed by atoms with Gasteiger partial charge in [-0.25, -0.2) is 0 Å². The first-order chi connectivity index (χ1) is 16.6. The van der Waals surface area contributed by atoms with Gasteiger partial charge in [-0.1, -0.05) is 13.8 Å². The van der Waals surface area contributed by atoms with Gasteiger partial charge in [-0.3, -0.25) is 0 Å². The Hall–Kier alpha value is 1.22. The summed E-state index contributed by atoms with van der Waals surface area (Å²) in [6, 6.07) is 0.698. The number of hydrogen-bond donors (Lipinski definition) is 2. The fraction of sp³-hybridized carbons (Fsp3) is 1.00. The average molecular weight is 747 g/mol. The Morgan fingerprint density at radius 1 is 0.703 bits per heavy atom. The molecule has 10 atom stereocenters. The summed E-state index contributed by atoms with van der Waals surface area (Å²) < 4.78 is 13.4. The summed E-state index contributed by atoms with van der Waals surface area (Å²) in [6.07, 6.45) is 7.97. The molecule has 4 aliphatic carbocycles. The highest BCUT2D eigenvalue weighted by Crippen LogP contribution is 2.67. The molecule has 6 aliphatic rings. The number of aliphatic hydroxyl groups excluding tert-OH is 2. The van der Waals surface area contributed by atoms with Crippen molar-refractivity contribution < 1.29 is 76.6 Å². The molecule has 2 heterocycles. The van der Waals surface area contributed by atoms with Gasteiger partial charge in [0.2, 0.25) is 0 Å². The van der Waals surface area contributed by atoms with Crippen LogP contribution in [0.4, 0.5) is 0 Å². The minimum Gasteiger partial charge on any atom is -1.00 e. The van der Waals surface area contributed by atoms with E-state index in [-0.39, 0.29) is 65.6 Å². The molecule has 6 nitrogen and oxygen atoms in total. The fourth-order valence-corrected chi connectivity index (χ4v) is 10.7. The van der Waals surface area contributed by atoms with Crippen LogP contribution >= 0.6 is 0 Å². The molecule has 0 spiro atoms. The number of hydrogen-bond acceptors (Lipinski definition) is 4. The van der Waals surface area contributed by atoms with Crippen LogP contribution in [0.3, 0.4) is 0 Å². The Labute approximate surface area is 259 Å². The second-order valence-electron chi connectivity index (χ2n) is 14.6. The van der Waals surface area contributed by atoms with Crippen LogP contribution in [0.15, 0.2) is 0 Å². The molecule has 0 amide bonds. The number of halogens is 2. The first kappa shape index (κ1) is 31.2. The SMILES string of the molecule is C[C@]12CC([N+]3(C)CCOCC3)[C@@H](O)C[C@@H]1CC[C@@H]1[C@@H]2CC[C@]2(C)[C@H](O)C([N+]3(C)CCOCC3)C[C@@H]12.[I-].[I-]. The van der Waals surface area contributed by atoms with Gasteiger partial charge in [-0.05, 0) is 61.2 Å². The van der Waals surface area contributed by atoms with Crippen molar-refractivity contribution in [2.45, 2.75) is 83.1 Å². The molecule has 0 aromatic heterocycles. The maximum Gasteiger partial charge on any atom is 0.116 e. The summed E-state index contributed by atoms with van der Waals surface area (Å²) in [6.45, 7) is 12.5. The molecule has 6 fully saturated rings. The standard InChI is InChI=1S/C29H52N2O4.2HI/c1-28-8-7-22-21(23(28)18-24(27(28)33)30(3)9-13-34-14-10-30)6-5-20-17-26(32)25(19-29(20,22)2)31(4)11-15-35-16-12-31;;/h20-27,32-33H,5-19H2,1-4H3;2*1H/q+2;;/p-2/t20-,21+,22-,23-,24?,25?,26-,27+,28-,29-;;/m0../s1. The monoisotopic (exact) mass is 746 g/mol. The van der Waals surface area contributed by atoms with Crippen LogP contribution in [0.1, 0.15) is 58.8 Å². The summed E-state index contributed by atoms with van der Waals surface area (Å²) >= 11 is 0. The molecule has 0 bridgehead atoms. The maximum absolute atomic E-state index is 11.8. The maximum atomic E-state index is 11.8. The molecule has 4 saturated carbocycles. The highest BCUT2D eigenvalue weighted by Gasteiger charge is 2.66. The van der Waals surface area contributed by atoms with Gasteiger partial charge in [-0.2, -0.15) is 0 Å². The van der Waals surface area contributed by atoms with E-state index in [4.69, 9.17) is 9.47 Å². The number of ether oxygens (including phenoxy) is 2. The lowest BCUT2D eigenvalue weighted by atomic mass is 9.44. The Kier molecular flexibility index (Phi) is 9.38. The van der Waals surface area contributed by atoms with Gasteiger partial charge in [0, 0.05) is 18.3 Å². The van der Waals surface area contributed by atoms with E-state index in [0.29, 0.717) is 29.3 Å². The predicted molar refractivity (Wildman–Crippen MR) is 136 cm³/mol. The normalized spacial score (nSPS) is 50.4. The van der Waals surface area contributed by atoms with E-state index in [0.717, 1.165) is 86.3 Å². The Balaban J connectivity index is 0.00000160. The van der Waals surface area contributed by atoms with E-state index in [2.05, 4.69) is 27.9 Å². The zero-order valence-corrected chi connectivity index (χ0v) is 27.9. The lowest BCUT2D eigenvalue weighted by Gasteiger charge is -2.62. The van der Waals surface area contributed by atoms with Gasteiger partial charge >= 0.3 is 0 Å². The largest absolute Gasteiger partial charge is 1.00 e. The van der Waals surface area contributed by atoms with Crippen molar-refractivity contribution in [3.8, 4) is 0 Å². The topological polar surface area (TPSA) is 58.9 Å². The van der Waals surface area contributed by atoms with E-state index < -0.39 is 0 Å². The first-order valence-electron chi connectivity index (χ1n) is 14.8. The molecule has 216 valence electrons. The molecule has 2 unspecified atom stereocenters. The number of likely N-dealkylation sites (N-methyl/N-ethyl adjacent to an activating group) is 2.